The van der Waals surface area contributed by atoms with Gasteiger partial charge in [0.2, 0.25) is 5.91 Å². The molecule has 0 atom stereocenters. The van der Waals surface area contributed by atoms with Crippen LogP contribution >= 0.6 is 0 Å². The largest absolute Gasteiger partial charge is 0.506 e. The molecule has 1 heterocycles. The Balaban J connectivity index is 1.68. The van der Waals surface area contributed by atoms with Gasteiger partial charge in [0.05, 0.1) is 18.9 Å². The number of nitrogens with one attached hydrogen (secondary N) is 1. The van der Waals surface area contributed by atoms with Crippen LogP contribution in [0.25, 0.3) is 6.08 Å². The predicted octanol–water partition coefficient (Wildman–Crippen LogP) is 3.79. The van der Waals surface area contributed by atoms with Gasteiger partial charge >= 0.3 is 0 Å². The first-order chi connectivity index (χ1) is 12.1. The third kappa shape index (κ3) is 4.68. The first-order valence-electron chi connectivity index (χ1n) is 8.24. The summed E-state index contributed by atoms with van der Waals surface area (Å²) < 4.78 is 11.1. The molecule has 0 radical (unpaired) electrons. The molecule has 0 aliphatic carbocycles. The minimum absolute atomic E-state index is 0.00311. The Morgan fingerprint density at radius 3 is 2.60 bits per heavy atom. The van der Waals surface area contributed by atoms with Crippen molar-refractivity contribution in [2.45, 2.75) is 19.6 Å². The van der Waals surface area contributed by atoms with Gasteiger partial charge in [0.15, 0.2) is 6.29 Å². The molecule has 130 valence electrons. The van der Waals surface area contributed by atoms with Crippen LogP contribution < -0.4 is 5.32 Å². The van der Waals surface area contributed by atoms with Gasteiger partial charge in [0.25, 0.3) is 0 Å². The fourth-order valence-corrected chi connectivity index (χ4v) is 2.50. The standard InChI is InChI=1S/C20H21NO4/c1-14-3-5-15(6-4-14)7-10-19(23)21-17-13-16(8-9-18(17)22)20-24-11-2-12-25-20/h3-10,13,20,22H,2,11-12H2,1H3,(H,21,23)/b10-7+. The highest BCUT2D eigenvalue weighted by molar-refractivity contribution is 6.02. The van der Waals surface area contributed by atoms with Gasteiger partial charge < -0.3 is 19.9 Å². The molecular formula is C20H21NO4. The van der Waals surface area contributed by atoms with Crippen molar-refractivity contribution in [1.82, 2.24) is 0 Å². The number of phenols is 1. The topological polar surface area (TPSA) is 67.8 Å². The first-order valence-corrected chi connectivity index (χ1v) is 8.24. The number of anilines is 1. The number of amides is 1. The Hall–Kier alpha value is -2.63. The van der Waals surface area contributed by atoms with Gasteiger partial charge in [0, 0.05) is 11.6 Å². The molecule has 2 N–H and O–H groups in total. The van der Waals surface area contributed by atoms with Crippen molar-refractivity contribution in [2.24, 2.45) is 0 Å². The number of hydrogen-bond acceptors (Lipinski definition) is 4. The van der Waals surface area contributed by atoms with Crippen LogP contribution in [0.1, 0.15) is 29.4 Å². The summed E-state index contributed by atoms with van der Waals surface area (Å²) in [6, 6.07) is 12.8. The van der Waals surface area contributed by atoms with Crippen LogP contribution in [0.15, 0.2) is 48.5 Å². The smallest absolute Gasteiger partial charge is 0.248 e. The first kappa shape index (κ1) is 17.2. The van der Waals surface area contributed by atoms with E-state index in [2.05, 4.69) is 5.32 Å². The highest BCUT2D eigenvalue weighted by Crippen LogP contribution is 2.30. The molecule has 1 aliphatic rings. The Morgan fingerprint density at radius 1 is 1.16 bits per heavy atom. The van der Waals surface area contributed by atoms with Crippen molar-refractivity contribution >= 4 is 17.7 Å². The molecule has 0 aromatic heterocycles. The minimum Gasteiger partial charge on any atom is -0.506 e. The normalized spacial score (nSPS) is 15.4. The highest BCUT2D eigenvalue weighted by atomic mass is 16.7. The minimum atomic E-state index is -0.465. The molecular weight excluding hydrogens is 318 g/mol. The number of benzene rings is 2. The van der Waals surface area contributed by atoms with Crippen LogP contribution in [-0.2, 0) is 14.3 Å². The number of hydrogen-bond donors (Lipinski definition) is 2. The van der Waals surface area contributed by atoms with Gasteiger partial charge in [-0.25, -0.2) is 0 Å². The monoisotopic (exact) mass is 339 g/mol. The van der Waals surface area contributed by atoms with Gasteiger partial charge in [-0.15, -0.1) is 0 Å². The van der Waals surface area contributed by atoms with E-state index < -0.39 is 6.29 Å². The summed E-state index contributed by atoms with van der Waals surface area (Å²) in [7, 11) is 0. The summed E-state index contributed by atoms with van der Waals surface area (Å²) in [4.78, 5) is 12.1. The lowest BCUT2D eigenvalue weighted by molar-refractivity contribution is -0.183. The highest BCUT2D eigenvalue weighted by Gasteiger charge is 2.18. The van der Waals surface area contributed by atoms with Gasteiger partial charge in [-0.05, 0) is 37.1 Å². The molecule has 5 nitrogen and oxygen atoms in total. The number of carbonyl (C=O) groups excluding carboxylic acids is 1. The maximum Gasteiger partial charge on any atom is 0.248 e. The van der Waals surface area contributed by atoms with Crippen molar-refractivity contribution < 1.29 is 19.4 Å². The Bertz CT molecular complexity index is 762. The van der Waals surface area contributed by atoms with Gasteiger partial charge in [-0.3, -0.25) is 4.79 Å². The summed E-state index contributed by atoms with van der Waals surface area (Å²) >= 11 is 0. The average Bonchev–Trinajstić information content (AvgIpc) is 2.64. The van der Waals surface area contributed by atoms with Crippen LogP contribution in [0.5, 0.6) is 5.75 Å². The lowest BCUT2D eigenvalue weighted by atomic mass is 10.1. The molecule has 25 heavy (non-hydrogen) atoms. The second-order valence-electron chi connectivity index (χ2n) is 5.94. The summed E-state index contributed by atoms with van der Waals surface area (Å²) in [6.07, 6.45) is 3.56. The van der Waals surface area contributed by atoms with E-state index in [1.165, 1.54) is 12.1 Å². The van der Waals surface area contributed by atoms with Crippen LogP contribution in [0.4, 0.5) is 5.69 Å². The lowest BCUT2D eigenvalue weighted by Gasteiger charge is -2.24. The maximum absolute atomic E-state index is 12.1. The molecule has 1 fully saturated rings. The Kier molecular flexibility index (Phi) is 5.48. The zero-order valence-electron chi connectivity index (χ0n) is 14.1. The van der Waals surface area contributed by atoms with Crippen molar-refractivity contribution in [3.8, 4) is 5.75 Å². The lowest BCUT2D eigenvalue weighted by Crippen LogP contribution is -2.18. The number of aromatic hydroxyl groups is 1. The number of aryl methyl sites for hydroxylation is 1. The molecule has 0 saturated carbocycles. The Morgan fingerprint density at radius 2 is 1.88 bits per heavy atom. The molecule has 2 aromatic carbocycles. The quantitative estimate of drug-likeness (QED) is 0.657. The van der Waals surface area contributed by atoms with E-state index in [0.29, 0.717) is 18.9 Å². The fourth-order valence-electron chi connectivity index (χ4n) is 2.50. The molecule has 0 unspecified atom stereocenters. The number of carbonyl (C=O) groups is 1. The van der Waals surface area contributed by atoms with Crippen molar-refractivity contribution in [2.75, 3.05) is 18.5 Å². The van der Waals surface area contributed by atoms with E-state index >= 15 is 0 Å². The van der Waals surface area contributed by atoms with E-state index in [-0.39, 0.29) is 11.7 Å². The van der Waals surface area contributed by atoms with Gasteiger partial charge in [-0.1, -0.05) is 35.9 Å². The molecule has 3 rings (SSSR count). The molecule has 0 bridgehead atoms. The molecule has 0 spiro atoms. The molecule has 2 aromatic rings. The van der Waals surface area contributed by atoms with E-state index in [1.807, 2.05) is 31.2 Å². The fraction of sp³-hybridized carbons (Fsp3) is 0.250. The summed E-state index contributed by atoms with van der Waals surface area (Å²) in [6.45, 7) is 3.27. The molecule has 1 aliphatic heterocycles. The van der Waals surface area contributed by atoms with Crippen molar-refractivity contribution in [1.29, 1.82) is 0 Å². The van der Waals surface area contributed by atoms with E-state index in [1.54, 1.807) is 18.2 Å². The average molecular weight is 339 g/mol. The van der Waals surface area contributed by atoms with E-state index in [4.69, 9.17) is 9.47 Å². The summed E-state index contributed by atoms with van der Waals surface area (Å²) in [5, 5.41) is 12.7. The molecule has 1 amide bonds. The molecule has 1 saturated heterocycles. The van der Waals surface area contributed by atoms with E-state index in [9.17, 15) is 9.90 Å². The predicted molar refractivity (Wildman–Crippen MR) is 96.2 cm³/mol. The maximum atomic E-state index is 12.1. The zero-order valence-corrected chi connectivity index (χ0v) is 14.1. The Labute approximate surface area is 146 Å². The van der Waals surface area contributed by atoms with Crippen molar-refractivity contribution in [3.63, 3.8) is 0 Å². The van der Waals surface area contributed by atoms with Crippen LogP contribution in [-0.4, -0.2) is 24.2 Å². The van der Waals surface area contributed by atoms with Crippen molar-refractivity contribution in [3.05, 3.63) is 65.2 Å². The van der Waals surface area contributed by atoms with Crippen LogP contribution in [0.3, 0.4) is 0 Å². The van der Waals surface area contributed by atoms with Crippen LogP contribution in [0.2, 0.25) is 0 Å². The van der Waals surface area contributed by atoms with Gasteiger partial charge in [0.1, 0.15) is 5.75 Å². The third-order valence-electron chi connectivity index (χ3n) is 3.88. The SMILES string of the molecule is Cc1ccc(/C=C/C(=O)Nc2cc(C3OCCCO3)ccc2O)cc1. The van der Waals surface area contributed by atoms with Crippen LogP contribution in [0, 0.1) is 6.92 Å². The second kappa shape index (κ2) is 7.96. The number of phenolic OH excluding ortho intramolecular Hbond substituents is 1. The van der Waals surface area contributed by atoms with E-state index in [0.717, 1.165) is 23.1 Å². The summed E-state index contributed by atoms with van der Waals surface area (Å²) in [5.74, 6) is -0.324. The summed E-state index contributed by atoms with van der Waals surface area (Å²) in [5.41, 5.74) is 3.18. The van der Waals surface area contributed by atoms with Gasteiger partial charge in [-0.2, -0.15) is 0 Å². The second-order valence-corrected chi connectivity index (χ2v) is 5.94. The number of rotatable bonds is 4. The zero-order chi connectivity index (χ0) is 17.6. The molecule has 5 heteroatoms. The number of ether oxygens (including phenoxy) is 2. The third-order valence-corrected chi connectivity index (χ3v) is 3.88.